The molecule has 7 heteroatoms. The molecule has 0 aliphatic carbocycles. The van der Waals surface area contributed by atoms with Crippen molar-refractivity contribution in [2.24, 2.45) is 11.7 Å². The van der Waals surface area contributed by atoms with Crippen LogP contribution in [0.4, 0.5) is 4.39 Å². The first kappa shape index (κ1) is 17.6. The summed E-state index contributed by atoms with van der Waals surface area (Å²) in [4.78, 5) is 5.94. The molecule has 24 heavy (non-hydrogen) atoms. The summed E-state index contributed by atoms with van der Waals surface area (Å²) in [6.07, 6.45) is 2.96. The first-order chi connectivity index (χ1) is 11.2. The second-order valence-electron chi connectivity index (χ2n) is 6.18. The molecule has 1 aromatic heterocycles. The van der Waals surface area contributed by atoms with E-state index in [0.29, 0.717) is 18.3 Å². The van der Waals surface area contributed by atoms with Crippen LogP contribution < -0.4 is 15.8 Å². The third kappa shape index (κ3) is 3.28. The van der Waals surface area contributed by atoms with Gasteiger partial charge in [-0.1, -0.05) is 0 Å². The highest BCUT2D eigenvalue weighted by molar-refractivity contribution is 7.12. The molecule has 2 aliphatic rings. The van der Waals surface area contributed by atoms with Crippen molar-refractivity contribution in [1.29, 1.82) is 0 Å². The zero-order valence-corrected chi connectivity index (χ0v) is 14.9. The maximum atomic E-state index is 13.7. The van der Waals surface area contributed by atoms with Crippen LogP contribution in [-0.4, -0.2) is 24.7 Å². The zero-order valence-electron chi connectivity index (χ0n) is 13.3. The third-order valence-electron chi connectivity index (χ3n) is 4.67. The number of thiazole rings is 1. The molecule has 1 saturated heterocycles. The summed E-state index contributed by atoms with van der Waals surface area (Å²) in [6.45, 7) is 2.63. The van der Waals surface area contributed by atoms with E-state index in [9.17, 15) is 4.39 Å². The highest BCUT2D eigenvalue weighted by Crippen LogP contribution is 2.40. The van der Waals surface area contributed by atoms with Crippen LogP contribution in [0.25, 0.3) is 11.3 Å². The average Bonchev–Trinajstić information content (AvgIpc) is 2.93. The molecule has 0 amide bonds. The predicted molar refractivity (Wildman–Crippen MR) is 96.5 cm³/mol. The van der Waals surface area contributed by atoms with E-state index in [2.05, 4.69) is 5.32 Å². The van der Waals surface area contributed by atoms with Gasteiger partial charge in [0.25, 0.3) is 0 Å². The number of piperidine rings is 1. The SMILES string of the molecule is Cl.NC(c1nc2c(s1)CCOc1ccc(F)cc1-2)C1CCNCC1. The van der Waals surface area contributed by atoms with E-state index >= 15 is 0 Å². The number of aromatic nitrogens is 1. The Bertz CT molecular complexity index is 718. The lowest BCUT2D eigenvalue weighted by molar-refractivity contribution is 0.321. The molecule has 1 atom stereocenters. The molecule has 130 valence electrons. The Morgan fingerprint density at radius 3 is 2.92 bits per heavy atom. The molecule has 1 unspecified atom stereocenters. The Kier molecular flexibility index (Phi) is 5.39. The van der Waals surface area contributed by atoms with Crippen LogP contribution in [0.3, 0.4) is 0 Å². The van der Waals surface area contributed by atoms with Crippen LogP contribution in [0.5, 0.6) is 5.75 Å². The first-order valence-corrected chi connectivity index (χ1v) is 8.92. The van der Waals surface area contributed by atoms with Crippen LogP contribution in [0.2, 0.25) is 0 Å². The van der Waals surface area contributed by atoms with Crippen molar-refractivity contribution < 1.29 is 9.13 Å². The molecule has 2 aromatic rings. The minimum atomic E-state index is -0.266. The number of nitrogens with zero attached hydrogens (tertiary/aromatic N) is 1. The molecule has 2 aliphatic heterocycles. The standard InChI is InChI=1S/C17H20FN3OS.ClH/c18-11-1-2-13-12(9-11)16-14(5-8-22-13)23-17(21-16)15(19)10-3-6-20-7-4-10;/h1-2,9-10,15,20H,3-8,19H2;1H. The molecule has 1 aromatic carbocycles. The van der Waals surface area contributed by atoms with Crippen molar-refractivity contribution in [2.45, 2.75) is 25.3 Å². The monoisotopic (exact) mass is 369 g/mol. The molecule has 0 bridgehead atoms. The average molecular weight is 370 g/mol. The van der Waals surface area contributed by atoms with E-state index in [1.807, 2.05) is 0 Å². The lowest BCUT2D eigenvalue weighted by Crippen LogP contribution is -2.33. The van der Waals surface area contributed by atoms with Gasteiger partial charge >= 0.3 is 0 Å². The summed E-state index contributed by atoms with van der Waals surface area (Å²) in [5, 5.41) is 4.34. The summed E-state index contributed by atoms with van der Waals surface area (Å²) in [6, 6.07) is 4.59. The summed E-state index contributed by atoms with van der Waals surface area (Å²) in [5.74, 6) is 0.907. The van der Waals surface area contributed by atoms with E-state index in [1.165, 1.54) is 12.1 Å². The van der Waals surface area contributed by atoms with E-state index in [4.69, 9.17) is 15.5 Å². The fourth-order valence-electron chi connectivity index (χ4n) is 3.36. The third-order valence-corrected chi connectivity index (χ3v) is 5.89. The Balaban J connectivity index is 0.00000169. The second-order valence-corrected chi connectivity index (χ2v) is 7.29. The number of fused-ring (bicyclic) bond motifs is 3. The molecule has 3 heterocycles. The van der Waals surface area contributed by atoms with Crippen LogP contribution in [-0.2, 0) is 6.42 Å². The predicted octanol–water partition coefficient (Wildman–Crippen LogP) is 3.31. The second kappa shape index (κ2) is 7.35. The number of hydrogen-bond donors (Lipinski definition) is 2. The normalized spacial score (nSPS) is 18.6. The Morgan fingerprint density at radius 2 is 2.12 bits per heavy atom. The van der Waals surface area contributed by atoms with E-state index in [-0.39, 0.29) is 24.3 Å². The molecular weight excluding hydrogens is 349 g/mol. The van der Waals surface area contributed by atoms with Crippen molar-refractivity contribution in [1.82, 2.24) is 10.3 Å². The number of nitrogens with one attached hydrogen (secondary N) is 1. The molecular formula is C17H21ClFN3OS. The van der Waals surface area contributed by atoms with Gasteiger partial charge in [-0.3, -0.25) is 0 Å². The van der Waals surface area contributed by atoms with Gasteiger partial charge in [0.05, 0.1) is 18.3 Å². The van der Waals surface area contributed by atoms with Crippen molar-refractivity contribution in [3.63, 3.8) is 0 Å². The zero-order chi connectivity index (χ0) is 15.8. The van der Waals surface area contributed by atoms with E-state index in [1.54, 1.807) is 17.4 Å². The van der Waals surface area contributed by atoms with E-state index < -0.39 is 0 Å². The largest absolute Gasteiger partial charge is 0.493 e. The lowest BCUT2D eigenvalue weighted by atomic mass is 9.91. The highest BCUT2D eigenvalue weighted by Gasteiger charge is 2.27. The van der Waals surface area contributed by atoms with Crippen molar-refractivity contribution >= 4 is 23.7 Å². The number of hydrogen-bond acceptors (Lipinski definition) is 5. The van der Waals surface area contributed by atoms with Gasteiger partial charge < -0.3 is 15.8 Å². The quantitative estimate of drug-likeness (QED) is 0.852. The number of rotatable bonds is 2. The minimum absolute atomic E-state index is 0. The Hall–Kier alpha value is -1.21. The van der Waals surface area contributed by atoms with Gasteiger partial charge in [-0.2, -0.15) is 0 Å². The smallest absolute Gasteiger partial charge is 0.128 e. The molecule has 0 saturated carbocycles. The Labute approximate surface area is 151 Å². The van der Waals surface area contributed by atoms with Gasteiger partial charge in [0.15, 0.2) is 0 Å². The summed E-state index contributed by atoms with van der Waals surface area (Å²) in [5.41, 5.74) is 8.08. The topological polar surface area (TPSA) is 60.2 Å². The molecule has 1 fully saturated rings. The number of nitrogens with two attached hydrogens (primary N) is 1. The first-order valence-electron chi connectivity index (χ1n) is 8.11. The van der Waals surface area contributed by atoms with Crippen LogP contribution in [0, 0.1) is 11.7 Å². The van der Waals surface area contributed by atoms with Gasteiger partial charge in [-0.25, -0.2) is 9.37 Å². The molecule has 3 N–H and O–H groups in total. The number of benzene rings is 1. The van der Waals surface area contributed by atoms with E-state index in [0.717, 1.165) is 53.5 Å². The van der Waals surface area contributed by atoms with Crippen LogP contribution in [0.15, 0.2) is 18.2 Å². The lowest BCUT2D eigenvalue weighted by Gasteiger charge is -2.26. The number of halogens is 2. The molecule has 0 spiro atoms. The molecule has 0 radical (unpaired) electrons. The Morgan fingerprint density at radius 1 is 1.33 bits per heavy atom. The fourth-order valence-corrected chi connectivity index (χ4v) is 4.52. The molecule has 4 rings (SSSR count). The number of ether oxygens (including phenoxy) is 1. The van der Waals surface area contributed by atoms with Gasteiger partial charge in [-0.15, -0.1) is 23.7 Å². The van der Waals surface area contributed by atoms with Gasteiger partial charge in [0.1, 0.15) is 16.6 Å². The van der Waals surface area contributed by atoms with Crippen LogP contribution >= 0.6 is 23.7 Å². The van der Waals surface area contributed by atoms with Gasteiger partial charge in [0, 0.05) is 16.9 Å². The maximum Gasteiger partial charge on any atom is 0.128 e. The van der Waals surface area contributed by atoms with Crippen molar-refractivity contribution in [3.05, 3.63) is 33.9 Å². The highest BCUT2D eigenvalue weighted by atomic mass is 35.5. The van der Waals surface area contributed by atoms with Crippen LogP contribution in [0.1, 0.15) is 28.8 Å². The summed E-state index contributed by atoms with van der Waals surface area (Å²) < 4.78 is 19.4. The summed E-state index contributed by atoms with van der Waals surface area (Å²) >= 11 is 1.66. The molecule has 4 nitrogen and oxygen atoms in total. The van der Waals surface area contributed by atoms with Gasteiger partial charge in [0.2, 0.25) is 0 Å². The fraction of sp³-hybridized carbons (Fsp3) is 0.471. The maximum absolute atomic E-state index is 13.7. The minimum Gasteiger partial charge on any atom is -0.493 e. The van der Waals surface area contributed by atoms with Gasteiger partial charge in [-0.05, 0) is 50.0 Å². The van der Waals surface area contributed by atoms with Crippen molar-refractivity contribution in [2.75, 3.05) is 19.7 Å². The summed E-state index contributed by atoms with van der Waals surface area (Å²) in [7, 11) is 0. The van der Waals surface area contributed by atoms with Crippen molar-refractivity contribution in [3.8, 4) is 17.0 Å².